The smallest absolute Gasteiger partial charge is 0.434 e. The second kappa shape index (κ2) is 10.8. The van der Waals surface area contributed by atoms with Crippen LogP contribution in [0.25, 0.3) is 11.1 Å². The second-order valence-corrected chi connectivity index (χ2v) is 10.7. The number of nitrogens with zero attached hydrogens (tertiary/aromatic N) is 1. The van der Waals surface area contributed by atoms with E-state index in [1.807, 2.05) is 0 Å². The molecule has 2 atom stereocenters. The number of H-pyrrole nitrogens is 1. The van der Waals surface area contributed by atoms with E-state index in [1.165, 1.54) is 25.3 Å². The number of carbonyl (C=O) groups excluding carboxylic acids is 1. The molecular weight excluding hydrogens is 527 g/mol. The zero-order chi connectivity index (χ0) is 28.5. The lowest BCUT2D eigenvalue weighted by molar-refractivity contribution is 0.0997. The highest BCUT2D eigenvalue weighted by molar-refractivity contribution is 7.89. The van der Waals surface area contributed by atoms with Gasteiger partial charge < -0.3 is 14.9 Å². The quantitative estimate of drug-likeness (QED) is 0.285. The number of para-hydroxylation sites is 1. The summed E-state index contributed by atoms with van der Waals surface area (Å²) in [5.41, 5.74) is 7.87. The molecule has 0 spiro atoms. The largest absolute Gasteiger partial charge is 0.496 e. The minimum atomic E-state index is -4.54. The number of carbonyl (C=O) groups is 1. The summed E-state index contributed by atoms with van der Waals surface area (Å²) in [6, 6.07) is 12.7. The molecule has 0 fully saturated rings. The number of nitrogens with two attached hydrogens (primary N) is 1. The van der Waals surface area contributed by atoms with Crippen molar-refractivity contribution < 1.29 is 26.8 Å². The number of halogens is 1. The van der Waals surface area contributed by atoms with E-state index in [2.05, 4.69) is 14.9 Å². The average molecular weight is 555 g/mol. The number of aryl methyl sites for hydroxylation is 1. The van der Waals surface area contributed by atoms with E-state index in [0.717, 1.165) is 5.56 Å². The third-order valence-corrected chi connectivity index (χ3v) is 8.13. The lowest BCUT2D eigenvalue weighted by atomic mass is 9.88. The molecule has 0 bridgehead atoms. The van der Waals surface area contributed by atoms with Crippen molar-refractivity contribution in [2.75, 3.05) is 7.11 Å². The Balaban J connectivity index is 1.87. The number of amides is 1. The number of rotatable bonds is 9. The molecule has 1 amide bonds. The van der Waals surface area contributed by atoms with Crippen LogP contribution in [-0.4, -0.2) is 31.6 Å². The Morgan fingerprint density at radius 3 is 2.51 bits per heavy atom. The molecule has 1 aromatic heterocycles. The molecule has 0 saturated heterocycles. The Morgan fingerprint density at radius 1 is 1.15 bits per heavy atom. The Hall–Kier alpha value is -4.29. The SMILES string of the molecule is COc1ccccc1-c1ccc(C(N)=O)c(S(=O)(=O)NC(c2n[nH]c(=O)o2)C(C)c2c(F)ccc(C)c2C)c1. The molecule has 204 valence electrons. The van der Waals surface area contributed by atoms with E-state index < -0.39 is 44.4 Å². The summed E-state index contributed by atoms with van der Waals surface area (Å²) in [5.74, 6) is -3.17. The first-order valence-electron chi connectivity index (χ1n) is 11.8. The number of methoxy groups -OCH3 is 1. The average Bonchev–Trinajstić information content (AvgIpc) is 3.35. The second-order valence-electron chi connectivity index (χ2n) is 9.02. The molecule has 0 aliphatic carbocycles. The molecule has 0 saturated carbocycles. The summed E-state index contributed by atoms with van der Waals surface area (Å²) < 4.78 is 55.7. The number of ether oxygens (including phenoxy) is 1. The van der Waals surface area contributed by atoms with Crippen LogP contribution in [-0.2, 0) is 10.0 Å². The highest BCUT2D eigenvalue weighted by Crippen LogP contribution is 2.37. The molecule has 12 heteroatoms. The Morgan fingerprint density at radius 2 is 1.87 bits per heavy atom. The lowest BCUT2D eigenvalue weighted by Crippen LogP contribution is -2.34. The molecule has 39 heavy (non-hydrogen) atoms. The van der Waals surface area contributed by atoms with Gasteiger partial charge >= 0.3 is 5.76 Å². The number of benzene rings is 3. The first kappa shape index (κ1) is 27.7. The fraction of sp³-hybridized carbons (Fsp3) is 0.222. The Kier molecular flexibility index (Phi) is 7.70. The number of nitrogens with one attached hydrogen (secondary N) is 2. The lowest BCUT2D eigenvalue weighted by Gasteiger charge is -2.25. The van der Waals surface area contributed by atoms with Crippen LogP contribution in [0.2, 0.25) is 0 Å². The maximum atomic E-state index is 15.0. The zero-order valence-corrected chi connectivity index (χ0v) is 22.4. The maximum Gasteiger partial charge on any atom is 0.434 e. The van der Waals surface area contributed by atoms with E-state index in [4.69, 9.17) is 14.9 Å². The van der Waals surface area contributed by atoms with Gasteiger partial charge in [-0.25, -0.2) is 22.7 Å². The van der Waals surface area contributed by atoms with Gasteiger partial charge in [0.1, 0.15) is 17.6 Å². The van der Waals surface area contributed by atoms with Crippen LogP contribution in [0.1, 0.15) is 51.8 Å². The van der Waals surface area contributed by atoms with Gasteiger partial charge in [-0.3, -0.25) is 4.79 Å². The van der Waals surface area contributed by atoms with Crippen molar-refractivity contribution in [1.82, 2.24) is 14.9 Å². The van der Waals surface area contributed by atoms with E-state index >= 15 is 4.39 Å². The third kappa shape index (κ3) is 5.47. The monoisotopic (exact) mass is 554 g/mol. The molecule has 3 aromatic carbocycles. The zero-order valence-electron chi connectivity index (χ0n) is 21.6. The molecule has 0 aliphatic rings. The predicted octanol–water partition coefficient (Wildman–Crippen LogP) is 3.72. The van der Waals surface area contributed by atoms with Gasteiger partial charge in [0.15, 0.2) is 0 Å². The summed E-state index contributed by atoms with van der Waals surface area (Å²) in [4.78, 5) is 23.6. The van der Waals surface area contributed by atoms with Crippen LogP contribution in [0.3, 0.4) is 0 Å². The fourth-order valence-corrected chi connectivity index (χ4v) is 6.01. The Bertz CT molecular complexity index is 1710. The molecule has 0 radical (unpaired) electrons. The minimum absolute atomic E-state index is 0.214. The first-order chi connectivity index (χ1) is 18.4. The molecule has 4 rings (SSSR count). The van der Waals surface area contributed by atoms with Crippen LogP contribution in [0.4, 0.5) is 4.39 Å². The van der Waals surface area contributed by atoms with Crippen molar-refractivity contribution in [3.63, 3.8) is 0 Å². The van der Waals surface area contributed by atoms with E-state index in [-0.39, 0.29) is 17.0 Å². The standard InChI is InChI=1S/C27H27FN4O6S/c1-14-9-12-20(28)23(15(14)2)16(3)24(26-30-31-27(34)38-26)32-39(35,36)22-13-17(10-11-19(22)25(29)33)18-7-5-6-8-21(18)37-4/h5-13,16,24,32H,1-4H3,(H2,29,33)(H,31,34). The molecule has 1 heterocycles. The molecule has 2 unspecified atom stereocenters. The van der Waals surface area contributed by atoms with Gasteiger partial charge in [-0.15, -0.1) is 5.10 Å². The fourth-order valence-electron chi connectivity index (χ4n) is 4.50. The van der Waals surface area contributed by atoms with Gasteiger partial charge in [0, 0.05) is 11.5 Å². The number of aromatic amines is 1. The summed E-state index contributed by atoms with van der Waals surface area (Å²) in [6.07, 6.45) is 0. The number of primary amides is 1. The van der Waals surface area contributed by atoms with Crippen molar-refractivity contribution in [2.24, 2.45) is 5.73 Å². The molecule has 0 aliphatic heterocycles. The van der Waals surface area contributed by atoms with Gasteiger partial charge in [-0.1, -0.05) is 37.3 Å². The van der Waals surface area contributed by atoms with Gasteiger partial charge in [0.05, 0.1) is 17.6 Å². The number of hydrogen-bond acceptors (Lipinski definition) is 7. The highest BCUT2D eigenvalue weighted by atomic mass is 32.2. The normalized spacial score (nSPS) is 13.2. The minimum Gasteiger partial charge on any atom is -0.496 e. The molecular formula is C27H27FN4O6S. The molecule has 10 nitrogen and oxygen atoms in total. The summed E-state index contributed by atoms with van der Waals surface area (Å²) in [7, 11) is -3.06. The van der Waals surface area contributed by atoms with Crippen LogP contribution < -0.4 is 20.9 Å². The topological polar surface area (TPSA) is 157 Å². The van der Waals surface area contributed by atoms with Crippen molar-refractivity contribution in [1.29, 1.82) is 0 Å². The van der Waals surface area contributed by atoms with Gasteiger partial charge in [0.2, 0.25) is 21.8 Å². The van der Waals surface area contributed by atoms with E-state index in [0.29, 0.717) is 22.4 Å². The predicted molar refractivity (Wildman–Crippen MR) is 141 cm³/mol. The summed E-state index contributed by atoms with van der Waals surface area (Å²) in [5, 5.41) is 5.91. The van der Waals surface area contributed by atoms with Gasteiger partial charge in [0.25, 0.3) is 0 Å². The maximum absolute atomic E-state index is 15.0. The van der Waals surface area contributed by atoms with Crippen LogP contribution >= 0.6 is 0 Å². The summed E-state index contributed by atoms with van der Waals surface area (Å²) in [6.45, 7) is 5.08. The first-order valence-corrected chi connectivity index (χ1v) is 13.3. The Labute approximate surface area is 224 Å². The van der Waals surface area contributed by atoms with E-state index in [1.54, 1.807) is 57.2 Å². The van der Waals surface area contributed by atoms with Crippen molar-refractivity contribution in [3.05, 3.63) is 99.1 Å². The summed E-state index contributed by atoms with van der Waals surface area (Å²) >= 11 is 0. The van der Waals surface area contributed by atoms with Crippen molar-refractivity contribution >= 4 is 15.9 Å². The highest BCUT2D eigenvalue weighted by Gasteiger charge is 2.35. The van der Waals surface area contributed by atoms with Crippen LogP contribution in [0, 0.1) is 19.7 Å². The van der Waals surface area contributed by atoms with Crippen LogP contribution in [0.15, 0.2) is 68.7 Å². The van der Waals surface area contributed by atoms with Gasteiger partial charge in [-0.05, 0) is 60.4 Å². The number of hydrogen-bond donors (Lipinski definition) is 3. The third-order valence-electron chi connectivity index (χ3n) is 6.65. The van der Waals surface area contributed by atoms with Gasteiger partial charge in [-0.2, -0.15) is 4.72 Å². The number of aromatic nitrogens is 2. The van der Waals surface area contributed by atoms with E-state index in [9.17, 15) is 18.0 Å². The van der Waals surface area contributed by atoms with Crippen molar-refractivity contribution in [3.8, 4) is 16.9 Å². The van der Waals surface area contributed by atoms with Crippen LogP contribution in [0.5, 0.6) is 5.75 Å². The van der Waals surface area contributed by atoms with Crippen molar-refractivity contribution in [2.45, 2.75) is 37.6 Å². The molecule has 4 N–H and O–H groups in total. The number of sulfonamides is 1. The molecule has 4 aromatic rings.